The number of carbonyl (C=O) groups is 1. The average molecular weight is 208 g/mol. The van der Waals surface area contributed by atoms with E-state index >= 15 is 0 Å². The maximum atomic E-state index is 10.6. The van der Waals surface area contributed by atoms with Crippen LogP contribution < -0.4 is 0 Å². The molecule has 1 aliphatic rings. The van der Waals surface area contributed by atoms with Crippen LogP contribution in [0.2, 0.25) is 0 Å². The Morgan fingerprint density at radius 1 is 1.33 bits per heavy atom. The molecule has 1 N–H and O–H groups in total. The third-order valence-electron chi connectivity index (χ3n) is 2.28. The van der Waals surface area contributed by atoms with Crippen LogP contribution in [0, 0.1) is 0 Å². The van der Waals surface area contributed by atoms with E-state index in [1.807, 2.05) is 30.3 Å². The summed E-state index contributed by atoms with van der Waals surface area (Å²) in [4.78, 5) is 10.6. The summed E-state index contributed by atoms with van der Waals surface area (Å²) in [6.45, 7) is 0.114. The first kappa shape index (κ1) is 10.3. The molecular formula is C11H12O4. The standard InChI is InChI=1S/C11H12O4/c12-6-10-9(13)7-14-11(15-10)8-4-2-1-3-5-8/h1-6,9-11,13H,7H2/t9?,10-,11?/m1/s1. The van der Waals surface area contributed by atoms with Crippen LogP contribution in [0.3, 0.4) is 0 Å². The molecule has 0 amide bonds. The summed E-state index contributed by atoms with van der Waals surface area (Å²) in [6, 6.07) is 9.32. The summed E-state index contributed by atoms with van der Waals surface area (Å²) in [6.07, 6.45) is -1.64. The Bertz CT molecular complexity index is 325. The van der Waals surface area contributed by atoms with E-state index in [-0.39, 0.29) is 6.61 Å². The highest BCUT2D eigenvalue weighted by Crippen LogP contribution is 2.25. The van der Waals surface area contributed by atoms with Gasteiger partial charge in [-0.25, -0.2) is 0 Å². The fourth-order valence-corrected chi connectivity index (χ4v) is 1.46. The van der Waals surface area contributed by atoms with Crippen LogP contribution in [0.5, 0.6) is 0 Å². The number of rotatable bonds is 2. The van der Waals surface area contributed by atoms with Gasteiger partial charge in [0.2, 0.25) is 0 Å². The molecule has 3 atom stereocenters. The molecule has 4 heteroatoms. The fourth-order valence-electron chi connectivity index (χ4n) is 1.46. The smallest absolute Gasteiger partial charge is 0.184 e. The van der Waals surface area contributed by atoms with Gasteiger partial charge in [0.15, 0.2) is 12.6 Å². The van der Waals surface area contributed by atoms with Crippen molar-refractivity contribution < 1.29 is 19.4 Å². The number of benzene rings is 1. The van der Waals surface area contributed by atoms with Gasteiger partial charge < -0.3 is 19.4 Å². The van der Waals surface area contributed by atoms with Crippen molar-refractivity contribution in [2.75, 3.05) is 6.61 Å². The van der Waals surface area contributed by atoms with Crippen molar-refractivity contribution in [1.82, 2.24) is 0 Å². The third kappa shape index (κ3) is 2.23. The summed E-state index contributed by atoms with van der Waals surface area (Å²) < 4.78 is 10.6. The van der Waals surface area contributed by atoms with E-state index in [9.17, 15) is 9.90 Å². The number of carbonyl (C=O) groups excluding carboxylic acids is 1. The second kappa shape index (κ2) is 4.53. The molecule has 1 fully saturated rings. The van der Waals surface area contributed by atoms with Gasteiger partial charge in [-0.3, -0.25) is 0 Å². The average Bonchev–Trinajstić information content (AvgIpc) is 2.31. The van der Waals surface area contributed by atoms with Crippen molar-refractivity contribution in [1.29, 1.82) is 0 Å². The zero-order valence-electron chi connectivity index (χ0n) is 8.08. The summed E-state index contributed by atoms with van der Waals surface area (Å²) in [7, 11) is 0. The van der Waals surface area contributed by atoms with E-state index in [1.165, 1.54) is 0 Å². The minimum absolute atomic E-state index is 0.114. The fraction of sp³-hybridized carbons (Fsp3) is 0.364. The molecule has 80 valence electrons. The van der Waals surface area contributed by atoms with Gasteiger partial charge in [0.05, 0.1) is 6.61 Å². The van der Waals surface area contributed by atoms with Crippen LogP contribution in [-0.2, 0) is 14.3 Å². The normalized spacial score (nSPS) is 31.1. The molecule has 0 bridgehead atoms. The SMILES string of the molecule is O=C[C@H]1OC(c2ccccc2)OCC1O. The van der Waals surface area contributed by atoms with Crippen molar-refractivity contribution in [3.05, 3.63) is 35.9 Å². The molecule has 1 aromatic carbocycles. The van der Waals surface area contributed by atoms with Crippen molar-refractivity contribution in [3.8, 4) is 0 Å². The monoisotopic (exact) mass is 208 g/mol. The van der Waals surface area contributed by atoms with Crippen LogP contribution in [0.4, 0.5) is 0 Å². The zero-order chi connectivity index (χ0) is 10.7. The molecule has 1 aromatic rings. The van der Waals surface area contributed by atoms with Crippen molar-refractivity contribution in [2.45, 2.75) is 18.5 Å². The molecule has 15 heavy (non-hydrogen) atoms. The molecule has 1 saturated heterocycles. The summed E-state index contributed by atoms with van der Waals surface area (Å²) in [5, 5.41) is 9.35. The van der Waals surface area contributed by atoms with E-state index in [0.29, 0.717) is 6.29 Å². The van der Waals surface area contributed by atoms with Gasteiger partial charge in [-0.2, -0.15) is 0 Å². The maximum absolute atomic E-state index is 10.6. The highest BCUT2D eigenvalue weighted by molar-refractivity contribution is 5.57. The van der Waals surface area contributed by atoms with Crippen LogP contribution in [0.15, 0.2) is 30.3 Å². The van der Waals surface area contributed by atoms with Gasteiger partial charge in [0.25, 0.3) is 0 Å². The highest BCUT2D eigenvalue weighted by Gasteiger charge is 2.30. The van der Waals surface area contributed by atoms with Crippen molar-refractivity contribution in [3.63, 3.8) is 0 Å². The highest BCUT2D eigenvalue weighted by atomic mass is 16.7. The first-order valence-corrected chi connectivity index (χ1v) is 4.76. The lowest BCUT2D eigenvalue weighted by atomic mass is 10.1. The minimum Gasteiger partial charge on any atom is -0.388 e. The van der Waals surface area contributed by atoms with Gasteiger partial charge in [0, 0.05) is 5.56 Å². The molecular weight excluding hydrogens is 196 g/mol. The number of aldehydes is 1. The van der Waals surface area contributed by atoms with Crippen LogP contribution in [-0.4, -0.2) is 30.2 Å². The molecule has 0 spiro atoms. The second-order valence-electron chi connectivity index (χ2n) is 3.38. The van der Waals surface area contributed by atoms with Gasteiger partial charge in [0.1, 0.15) is 12.2 Å². The van der Waals surface area contributed by atoms with E-state index in [0.717, 1.165) is 5.56 Å². The summed E-state index contributed by atoms with van der Waals surface area (Å²) in [5.41, 5.74) is 0.844. The molecule has 0 radical (unpaired) electrons. The molecule has 0 aliphatic carbocycles. The van der Waals surface area contributed by atoms with Gasteiger partial charge in [-0.15, -0.1) is 0 Å². The van der Waals surface area contributed by atoms with Crippen LogP contribution in [0.1, 0.15) is 11.9 Å². The molecule has 1 aliphatic heterocycles. The number of hydrogen-bond acceptors (Lipinski definition) is 4. The first-order valence-electron chi connectivity index (χ1n) is 4.76. The van der Waals surface area contributed by atoms with Gasteiger partial charge in [-0.1, -0.05) is 30.3 Å². The molecule has 2 unspecified atom stereocenters. The molecule has 1 heterocycles. The Kier molecular flexibility index (Phi) is 3.11. The Morgan fingerprint density at radius 2 is 2.07 bits per heavy atom. The second-order valence-corrected chi connectivity index (χ2v) is 3.38. The summed E-state index contributed by atoms with van der Waals surface area (Å²) in [5.74, 6) is 0. The Hall–Kier alpha value is -1.23. The third-order valence-corrected chi connectivity index (χ3v) is 2.28. The van der Waals surface area contributed by atoms with Gasteiger partial charge >= 0.3 is 0 Å². The lowest BCUT2D eigenvalue weighted by Crippen LogP contribution is -2.41. The lowest BCUT2D eigenvalue weighted by molar-refractivity contribution is -0.246. The number of hydrogen-bond donors (Lipinski definition) is 1. The predicted molar refractivity (Wildman–Crippen MR) is 52.1 cm³/mol. The number of ether oxygens (including phenoxy) is 2. The van der Waals surface area contributed by atoms with Crippen molar-refractivity contribution in [2.24, 2.45) is 0 Å². The van der Waals surface area contributed by atoms with Gasteiger partial charge in [-0.05, 0) is 0 Å². The summed E-state index contributed by atoms with van der Waals surface area (Å²) >= 11 is 0. The first-order chi connectivity index (χ1) is 7.31. The molecule has 0 saturated carbocycles. The Balaban J connectivity index is 2.09. The quantitative estimate of drug-likeness (QED) is 0.725. The Morgan fingerprint density at radius 3 is 2.73 bits per heavy atom. The van der Waals surface area contributed by atoms with Crippen LogP contribution in [0.25, 0.3) is 0 Å². The lowest BCUT2D eigenvalue weighted by Gasteiger charge is -2.31. The van der Waals surface area contributed by atoms with E-state index in [4.69, 9.17) is 9.47 Å². The van der Waals surface area contributed by atoms with Crippen LogP contribution >= 0.6 is 0 Å². The van der Waals surface area contributed by atoms with E-state index in [1.54, 1.807) is 0 Å². The van der Waals surface area contributed by atoms with E-state index < -0.39 is 18.5 Å². The minimum atomic E-state index is -0.873. The number of aliphatic hydroxyl groups is 1. The molecule has 4 nitrogen and oxygen atoms in total. The molecule has 2 rings (SSSR count). The molecule has 0 aromatic heterocycles. The number of aliphatic hydroxyl groups excluding tert-OH is 1. The van der Waals surface area contributed by atoms with E-state index in [2.05, 4.69) is 0 Å². The maximum Gasteiger partial charge on any atom is 0.184 e. The topological polar surface area (TPSA) is 55.8 Å². The predicted octanol–water partition coefficient (Wildman–Crippen LogP) is 0.660. The zero-order valence-corrected chi connectivity index (χ0v) is 8.08. The van der Waals surface area contributed by atoms with Crippen molar-refractivity contribution >= 4 is 6.29 Å². The Labute approximate surface area is 87.4 Å². The largest absolute Gasteiger partial charge is 0.388 e.